The average molecular weight is 535 g/mol. The predicted molar refractivity (Wildman–Crippen MR) is 164 cm³/mol. The molecule has 2 N–H and O–H groups in total. The third-order valence-electron chi connectivity index (χ3n) is 6.20. The molecule has 1 saturated carbocycles. The Bertz CT molecular complexity index is 1170. The van der Waals surface area contributed by atoms with Gasteiger partial charge in [0, 0.05) is 48.6 Å². The molecule has 0 amide bonds. The Morgan fingerprint density at radius 2 is 1.72 bits per heavy atom. The number of hydrogen-bond donors (Lipinski definition) is 1. The van der Waals surface area contributed by atoms with Crippen molar-refractivity contribution in [3.05, 3.63) is 84.0 Å². The molecule has 1 aromatic heterocycles. The van der Waals surface area contributed by atoms with Gasteiger partial charge in [-0.2, -0.15) is 0 Å². The first-order chi connectivity index (χ1) is 18.9. The van der Waals surface area contributed by atoms with Crippen LogP contribution < -0.4 is 5.73 Å². The first-order valence-corrected chi connectivity index (χ1v) is 14.3. The third-order valence-corrected chi connectivity index (χ3v) is 6.20. The quantitative estimate of drug-likeness (QED) is 0.249. The van der Waals surface area contributed by atoms with Crippen molar-refractivity contribution in [3.63, 3.8) is 0 Å². The Morgan fingerprint density at radius 3 is 2.31 bits per heavy atom. The lowest BCUT2D eigenvalue weighted by Crippen LogP contribution is -2.16. The topological polar surface area (TPSA) is 57.4 Å². The fourth-order valence-corrected chi connectivity index (χ4v) is 4.14. The lowest BCUT2D eigenvalue weighted by molar-refractivity contribution is 0.215. The van der Waals surface area contributed by atoms with Crippen LogP contribution in [0.15, 0.2) is 66.9 Å². The van der Waals surface area contributed by atoms with E-state index in [1.54, 1.807) is 7.11 Å². The molecule has 2 aromatic carbocycles. The number of nitrogens with zero attached hydrogens (tertiary/aromatic N) is 1. The summed E-state index contributed by atoms with van der Waals surface area (Å²) in [5, 5.41) is 1.07. The largest absolute Gasteiger partial charge is 0.499 e. The summed E-state index contributed by atoms with van der Waals surface area (Å²) in [7, 11) is 1.68. The maximum Gasteiger partial charge on any atom is 0.123 e. The SMILES string of the molecule is C=C(CCC[C@H](N)/C=C/c1c(C2CC2)nc2ccccc2c1-c1ccc(F)cc1)OCC.CCC.CCOC. The molecule has 0 unspecified atom stereocenters. The van der Waals surface area contributed by atoms with E-state index in [1.807, 2.05) is 38.1 Å². The molecule has 3 aromatic rings. The van der Waals surface area contributed by atoms with Crippen molar-refractivity contribution < 1.29 is 13.9 Å². The number of methoxy groups -OCH3 is 1. The van der Waals surface area contributed by atoms with Gasteiger partial charge in [-0.3, -0.25) is 4.98 Å². The minimum atomic E-state index is -0.234. The zero-order valence-electron chi connectivity index (χ0n) is 24.5. The van der Waals surface area contributed by atoms with Crippen molar-refractivity contribution in [1.29, 1.82) is 0 Å². The van der Waals surface area contributed by atoms with Crippen molar-refractivity contribution in [1.82, 2.24) is 4.98 Å². The highest BCUT2D eigenvalue weighted by atomic mass is 19.1. The number of ether oxygens (including phenoxy) is 2. The fourth-order valence-electron chi connectivity index (χ4n) is 4.14. The van der Waals surface area contributed by atoms with Gasteiger partial charge in [0.15, 0.2) is 0 Å². The number of halogens is 1. The van der Waals surface area contributed by atoms with E-state index in [-0.39, 0.29) is 11.9 Å². The summed E-state index contributed by atoms with van der Waals surface area (Å²) in [6, 6.07) is 14.9. The zero-order valence-corrected chi connectivity index (χ0v) is 24.5. The summed E-state index contributed by atoms with van der Waals surface area (Å²) in [5.41, 5.74) is 11.7. The molecular weight excluding hydrogens is 487 g/mol. The minimum Gasteiger partial charge on any atom is -0.499 e. The molecule has 0 aliphatic heterocycles. The molecule has 0 saturated heterocycles. The van der Waals surface area contributed by atoms with Gasteiger partial charge in [-0.15, -0.1) is 0 Å². The van der Waals surface area contributed by atoms with Crippen LogP contribution in [0, 0.1) is 5.82 Å². The first kappa shape index (κ1) is 32.2. The Balaban J connectivity index is 0.000000686. The van der Waals surface area contributed by atoms with Crippen LogP contribution in [0.2, 0.25) is 0 Å². The van der Waals surface area contributed by atoms with E-state index in [0.717, 1.165) is 77.8 Å². The monoisotopic (exact) mass is 534 g/mol. The Morgan fingerprint density at radius 1 is 1.08 bits per heavy atom. The number of hydrogen-bond acceptors (Lipinski definition) is 4. The number of rotatable bonds is 11. The predicted octanol–water partition coefficient (Wildman–Crippen LogP) is 9.05. The van der Waals surface area contributed by atoms with Crippen LogP contribution in [-0.2, 0) is 9.47 Å². The van der Waals surface area contributed by atoms with E-state index >= 15 is 0 Å². The fraction of sp³-hybridized carbons (Fsp3) is 0.441. The third kappa shape index (κ3) is 10.6. The number of pyridine rings is 1. The van der Waals surface area contributed by atoms with Crippen LogP contribution in [0.5, 0.6) is 0 Å². The van der Waals surface area contributed by atoms with Crippen molar-refractivity contribution in [3.8, 4) is 11.1 Å². The first-order valence-electron chi connectivity index (χ1n) is 14.3. The maximum atomic E-state index is 13.7. The Labute approximate surface area is 235 Å². The van der Waals surface area contributed by atoms with E-state index in [9.17, 15) is 4.39 Å². The summed E-state index contributed by atoms with van der Waals surface area (Å²) in [6.07, 6.45) is 10.4. The maximum absolute atomic E-state index is 13.7. The smallest absolute Gasteiger partial charge is 0.123 e. The van der Waals surface area contributed by atoms with Gasteiger partial charge < -0.3 is 15.2 Å². The standard InChI is InChI=1S/C28H31FN2O.C3H8O.C3H8/c1-3-32-19(2)7-6-8-23(30)17-18-25-27(20-13-15-22(29)16-14-20)24-9-4-5-10-26(24)31-28(25)21-11-12-21;1-3-4-2;1-3-2/h4-5,9-10,13-18,21,23H,2-3,6-8,11-12,30H2,1H3;3H2,1-2H3;3H2,1-2H3/b18-17+;;/t23-;;/m0../s1. The highest BCUT2D eigenvalue weighted by Gasteiger charge is 2.29. The van der Waals surface area contributed by atoms with Crippen LogP contribution in [0.1, 0.15) is 83.4 Å². The van der Waals surface area contributed by atoms with Gasteiger partial charge in [-0.25, -0.2) is 4.39 Å². The van der Waals surface area contributed by atoms with Crippen molar-refractivity contribution >= 4 is 17.0 Å². The van der Waals surface area contributed by atoms with E-state index in [2.05, 4.69) is 49.4 Å². The van der Waals surface area contributed by atoms with Gasteiger partial charge in [-0.05, 0) is 63.3 Å². The van der Waals surface area contributed by atoms with E-state index in [1.165, 1.54) is 18.6 Å². The molecular formula is C34H47FN2O2. The van der Waals surface area contributed by atoms with Crippen LogP contribution in [-0.4, -0.2) is 31.3 Å². The molecule has 0 radical (unpaired) electrons. The summed E-state index contributed by atoms with van der Waals surface area (Å²) in [4.78, 5) is 5.03. The summed E-state index contributed by atoms with van der Waals surface area (Å²) < 4.78 is 23.6. The molecule has 1 heterocycles. The number of fused-ring (bicyclic) bond motifs is 1. The van der Waals surface area contributed by atoms with E-state index < -0.39 is 0 Å². The summed E-state index contributed by atoms with van der Waals surface area (Å²) in [6.45, 7) is 13.6. The van der Waals surface area contributed by atoms with Gasteiger partial charge in [0.05, 0.1) is 23.6 Å². The van der Waals surface area contributed by atoms with Crippen LogP contribution in [0.25, 0.3) is 28.1 Å². The van der Waals surface area contributed by atoms with Crippen LogP contribution >= 0.6 is 0 Å². The molecule has 1 aliphatic rings. The lowest BCUT2D eigenvalue weighted by atomic mass is 9.92. The normalized spacial score (nSPS) is 13.3. The number of nitrogens with two attached hydrogens (primary N) is 1. The highest BCUT2D eigenvalue weighted by molar-refractivity contribution is 5.99. The number of allylic oxidation sites excluding steroid dienone is 1. The van der Waals surface area contributed by atoms with Gasteiger partial charge in [0.1, 0.15) is 5.82 Å². The number of benzene rings is 2. The van der Waals surface area contributed by atoms with Crippen molar-refractivity contribution in [2.75, 3.05) is 20.3 Å². The van der Waals surface area contributed by atoms with E-state index in [0.29, 0.717) is 12.5 Å². The molecule has 5 heteroatoms. The molecule has 212 valence electrons. The van der Waals surface area contributed by atoms with Crippen LogP contribution in [0.4, 0.5) is 4.39 Å². The average Bonchev–Trinajstić information content (AvgIpc) is 3.78. The van der Waals surface area contributed by atoms with Crippen molar-refractivity contribution in [2.24, 2.45) is 5.73 Å². The van der Waals surface area contributed by atoms with Gasteiger partial charge in [0.25, 0.3) is 0 Å². The molecule has 39 heavy (non-hydrogen) atoms. The molecule has 1 aliphatic carbocycles. The lowest BCUT2D eigenvalue weighted by Gasteiger charge is -2.16. The second kappa shape index (κ2) is 17.5. The minimum absolute atomic E-state index is 0.0657. The molecule has 0 spiro atoms. The second-order valence-electron chi connectivity index (χ2n) is 9.76. The Kier molecular flexibility index (Phi) is 14.5. The molecule has 1 atom stereocenters. The number of aromatic nitrogens is 1. The molecule has 1 fully saturated rings. The van der Waals surface area contributed by atoms with E-state index in [4.69, 9.17) is 15.5 Å². The second-order valence-corrected chi connectivity index (χ2v) is 9.76. The van der Waals surface area contributed by atoms with Gasteiger partial charge >= 0.3 is 0 Å². The molecule has 4 rings (SSSR count). The zero-order chi connectivity index (χ0) is 28.6. The van der Waals surface area contributed by atoms with Crippen LogP contribution in [0.3, 0.4) is 0 Å². The highest BCUT2D eigenvalue weighted by Crippen LogP contribution is 2.45. The van der Waals surface area contributed by atoms with Crippen molar-refractivity contribution in [2.45, 2.75) is 78.2 Å². The number of para-hydroxylation sites is 1. The Hall–Kier alpha value is -3.02. The summed E-state index contributed by atoms with van der Waals surface area (Å²) in [5.74, 6) is 1.06. The molecule has 0 bridgehead atoms. The molecule has 4 nitrogen and oxygen atoms in total. The summed E-state index contributed by atoms with van der Waals surface area (Å²) >= 11 is 0. The van der Waals surface area contributed by atoms with Gasteiger partial charge in [0.2, 0.25) is 0 Å². The van der Waals surface area contributed by atoms with Gasteiger partial charge in [-0.1, -0.05) is 69.3 Å².